The Kier molecular flexibility index (Phi) is 6.27. The zero-order chi connectivity index (χ0) is 14.5. The maximum atomic E-state index is 12.3. The number of carbonyl (C=O) groups excluding carboxylic acids is 1. The van der Waals surface area contributed by atoms with Crippen LogP contribution >= 0.6 is 0 Å². The van der Waals surface area contributed by atoms with Crippen molar-refractivity contribution in [2.24, 2.45) is 0 Å². The van der Waals surface area contributed by atoms with E-state index in [1.165, 1.54) is 0 Å². The quantitative estimate of drug-likeness (QED) is 0.799. The summed E-state index contributed by atoms with van der Waals surface area (Å²) in [5, 5.41) is 6.49. The minimum atomic E-state index is -0.155. The first-order valence-electron chi connectivity index (χ1n) is 7.63. The number of nitrogens with zero attached hydrogens (tertiary/aromatic N) is 1. The Morgan fingerprint density at radius 1 is 1.37 bits per heavy atom. The first-order valence-corrected chi connectivity index (χ1v) is 7.63. The van der Waals surface area contributed by atoms with E-state index in [-0.39, 0.29) is 17.5 Å². The minimum absolute atomic E-state index is 0.0396. The summed E-state index contributed by atoms with van der Waals surface area (Å²) in [6.07, 6.45) is 3.39. The average Bonchev–Trinajstić information content (AvgIpc) is 2.34. The molecule has 2 N–H and O–H groups in total. The molecule has 19 heavy (non-hydrogen) atoms. The van der Waals surface area contributed by atoms with E-state index in [4.69, 9.17) is 0 Å². The smallest absolute Gasteiger partial charge is 0.237 e. The highest BCUT2D eigenvalue weighted by Crippen LogP contribution is 2.16. The second-order valence-corrected chi connectivity index (χ2v) is 6.63. The van der Waals surface area contributed by atoms with E-state index in [1.807, 2.05) is 27.7 Å². The summed E-state index contributed by atoms with van der Waals surface area (Å²) in [6.45, 7) is 13.5. The third-order valence-corrected chi connectivity index (χ3v) is 3.63. The van der Waals surface area contributed by atoms with Crippen LogP contribution in [0.25, 0.3) is 0 Å². The molecule has 0 aromatic carbocycles. The summed E-state index contributed by atoms with van der Waals surface area (Å²) >= 11 is 0. The second kappa shape index (κ2) is 7.25. The molecule has 112 valence electrons. The SMILES string of the molecule is CCCN(C1CCNCC1)C(C)C(=O)NC(C)(C)C. The molecule has 4 nitrogen and oxygen atoms in total. The molecule has 0 saturated carbocycles. The van der Waals surface area contributed by atoms with Crippen molar-refractivity contribution in [1.29, 1.82) is 0 Å². The normalized spacial score (nSPS) is 19.5. The largest absolute Gasteiger partial charge is 0.350 e. The van der Waals surface area contributed by atoms with Crippen LogP contribution in [0.1, 0.15) is 53.9 Å². The molecule has 1 rings (SSSR count). The van der Waals surface area contributed by atoms with Gasteiger partial charge < -0.3 is 10.6 Å². The summed E-state index contributed by atoms with van der Waals surface area (Å²) in [4.78, 5) is 14.7. The van der Waals surface area contributed by atoms with Crippen molar-refractivity contribution in [3.8, 4) is 0 Å². The Morgan fingerprint density at radius 3 is 2.42 bits per heavy atom. The number of hydrogen-bond donors (Lipinski definition) is 2. The lowest BCUT2D eigenvalue weighted by atomic mass is 10.0. The molecule has 1 aliphatic rings. The highest BCUT2D eigenvalue weighted by molar-refractivity contribution is 5.82. The third-order valence-electron chi connectivity index (χ3n) is 3.63. The fourth-order valence-corrected chi connectivity index (χ4v) is 2.71. The van der Waals surface area contributed by atoms with Gasteiger partial charge in [0.1, 0.15) is 0 Å². The van der Waals surface area contributed by atoms with E-state index in [0.29, 0.717) is 6.04 Å². The van der Waals surface area contributed by atoms with Crippen LogP contribution in [0.4, 0.5) is 0 Å². The van der Waals surface area contributed by atoms with Gasteiger partial charge in [-0.25, -0.2) is 0 Å². The molecule has 1 amide bonds. The van der Waals surface area contributed by atoms with Crippen LogP contribution in [0, 0.1) is 0 Å². The molecular formula is C15H31N3O. The van der Waals surface area contributed by atoms with Crippen molar-refractivity contribution in [2.45, 2.75) is 71.5 Å². The van der Waals surface area contributed by atoms with E-state index in [2.05, 4.69) is 22.5 Å². The van der Waals surface area contributed by atoms with E-state index in [1.54, 1.807) is 0 Å². The number of piperidine rings is 1. The molecule has 0 spiro atoms. The van der Waals surface area contributed by atoms with E-state index < -0.39 is 0 Å². The molecular weight excluding hydrogens is 238 g/mol. The van der Waals surface area contributed by atoms with Crippen molar-refractivity contribution >= 4 is 5.91 Å². The van der Waals surface area contributed by atoms with Gasteiger partial charge in [-0.3, -0.25) is 9.69 Å². The molecule has 0 aromatic rings. The van der Waals surface area contributed by atoms with Gasteiger partial charge in [-0.05, 0) is 66.6 Å². The summed E-state index contributed by atoms with van der Waals surface area (Å²) in [7, 11) is 0. The number of carbonyl (C=O) groups is 1. The number of rotatable bonds is 5. The zero-order valence-corrected chi connectivity index (χ0v) is 13.3. The Morgan fingerprint density at radius 2 is 1.95 bits per heavy atom. The van der Waals surface area contributed by atoms with Gasteiger partial charge in [0.25, 0.3) is 0 Å². The standard InChI is InChI=1S/C15H31N3O/c1-6-11-18(13-7-9-16-10-8-13)12(2)14(19)17-15(3,4)5/h12-13,16H,6-11H2,1-5H3,(H,17,19). The van der Waals surface area contributed by atoms with Gasteiger partial charge in [0, 0.05) is 11.6 Å². The Hall–Kier alpha value is -0.610. The molecule has 1 saturated heterocycles. The summed E-state index contributed by atoms with van der Waals surface area (Å²) in [6, 6.07) is 0.504. The molecule has 1 heterocycles. The van der Waals surface area contributed by atoms with E-state index in [0.717, 1.165) is 38.9 Å². The van der Waals surface area contributed by atoms with Gasteiger partial charge in [0.05, 0.1) is 6.04 Å². The van der Waals surface area contributed by atoms with E-state index >= 15 is 0 Å². The summed E-state index contributed by atoms with van der Waals surface area (Å²) in [5.41, 5.74) is -0.155. The fourth-order valence-electron chi connectivity index (χ4n) is 2.71. The molecule has 1 aliphatic heterocycles. The van der Waals surface area contributed by atoms with Gasteiger partial charge in [0.15, 0.2) is 0 Å². The monoisotopic (exact) mass is 269 g/mol. The highest BCUT2D eigenvalue weighted by Gasteiger charge is 2.29. The van der Waals surface area contributed by atoms with Crippen molar-refractivity contribution in [3.63, 3.8) is 0 Å². The lowest BCUT2D eigenvalue weighted by Crippen LogP contribution is -2.55. The Bertz CT molecular complexity index is 280. The molecule has 0 bridgehead atoms. The van der Waals surface area contributed by atoms with Crippen LogP contribution in [0.3, 0.4) is 0 Å². The molecule has 0 aromatic heterocycles. The topological polar surface area (TPSA) is 44.4 Å². The van der Waals surface area contributed by atoms with Crippen molar-refractivity contribution in [2.75, 3.05) is 19.6 Å². The van der Waals surface area contributed by atoms with Crippen LogP contribution in [0.5, 0.6) is 0 Å². The number of nitrogens with one attached hydrogen (secondary N) is 2. The lowest BCUT2D eigenvalue weighted by molar-refractivity contribution is -0.128. The van der Waals surface area contributed by atoms with Crippen LogP contribution in [0.2, 0.25) is 0 Å². The number of hydrogen-bond acceptors (Lipinski definition) is 3. The second-order valence-electron chi connectivity index (χ2n) is 6.63. The molecule has 1 fully saturated rings. The van der Waals surface area contributed by atoms with Crippen LogP contribution in [0.15, 0.2) is 0 Å². The van der Waals surface area contributed by atoms with Crippen LogP contribution in [-0.2, 0) is 4.79 Å². The first-order chi connectivity index (χ1) is 8.85. The van der Waals surface area contributed by atoms with Crippen LogP contribution < -0.4 is 10.6 Å². The van der Waals surface area contributed by atoms with Crippen molar-refractivity contribution in [3.05, 3.63) is 0 Å². The van der Waals surface area contributed by atoms with Crippen LogP contribution in [-0.4, -0.2) is 48.1 Å². The Labute approximate surface area is 118 Å². The Balaban J connectivity index is 2.65. The van der Waals surface area contributed by atoms with Gasteiger partial charge in [-0.1, -0.05) is 6.92 Å². The minimum Gasteiger partial charge on any atom is -0.350 e. The van der Waals surface area contributed by atoms with Gasteiger partial charge in [0.2, 0.25) is 5.91 Å². The maximum Gasteiger partial charge on any atom is 0.237 e. The fraction of sp³-hybridized carbons (Fsp3) is 0.933. The van der Waals surface area contributed by atoms with E-state index in [9.17, 15) is 4.79 Å². The molecule has 0 aliphatic carbocycles. The summed E-state index contributed by atoms with van der Waals surface area (Å²) < 4.78 is 0. The van der Waals surface area contributed by atoms with Gasteiger partial charge >= 0.3 is 0 Å². The van der Waals surface area contributed by atoms with Crippen molar-refractivity contribution < 1.29 is 4.79 Å². The maximum absolute atomic E-state index is 12.3. The molecule has 4 heteroatoms. The lowest BCUT2D eigenvalue weighted by Gasteiger charge is -2.38. The molecule has 1 atom stereocenters. The number of amides is 1. The first kappa shape index (κ1) is 16.4. The zero-order valence-electron chi connectivity index (χ0n) is 13.3. The molecule has 1 unspecified atom stereocenters. The highest BCUT2D eigenvalue weighted by atomic mass is 16.2. The average molecular weight is 269 g/mol. The summed E-state index contributed by atoms with van der Waals surface area (Å²) in [5.74, 6) is 0.152. The van der Waals surface area contributed by atoms with Gasteiger partial charge in [-0.15, -0.1) is 0 Å². The van der Waals surface area contributed by atoms with Crippen molar-refractivity contribution in [1.82, 2.24) is 15.5 Å². The molecule has 0 radical (unpaired) electrons. The predicted octanol–water partition coefficient (Wildman–Crippen LogP) is 1.75. The predicted molar refractivity (Wildman–Crippen MR) is 80.2 cm³/mol. The third kappa shape index (κ3) is 5.49. The van der Waals surface area contributed by atoms with Gasteiger partial charge in [-0.2, -0.15) is 0 Å².